The van der Waals surface area contributed by atoms with Crippen molar-refractivity contribution < 1.29 is 0 Å². The third-order valence-corrected chi connectivity index (χ3v) is 2.17. The second-order valence-corrected chi connectivity index (χ2v) is 2.97. The number of hydrazine groups is 1. The number of hydrogen-bond donors (Lipinski definition) is 1. The Balaban J connectivity index is 2.47. The second-order valence-electron chi connectivity index (χ2n) is 2.97. The van der Waals surface area contributed by atoms with Crippen molar-refractivity contribution in [2.45, 2.75) is 26.4 Å². The van der Waals surface area contributed by atoms with Gasteiger partial charge in [0.25, 0.3) is 0 Å². The zero-order valence-electron chi connectivity index (χ0n) is 6.02. The number of nitrogens with zero attached hydrogens (tertiary/aromatic N) is 1. The smallest absolute Gasteiger partial charge is 0.0965 e. The van der Waals surface area contributed by atoms with Crippen LogP contribution < -0.4 is 5.43 Å². The molecule has 2 heteroatoms. The second kappa shape index (κ2) is 1.45. The average molecular weight is 114 g/mol. The van der Waals surface area contributed by atoms with E-state index >= 15 is 0 Å². The summed E-state index contributed by atoms with van der Waals surface area (Å²) in [6, 6.07) is 0. The maximum atomic E-state index is 3.24. The van der Waals surface area contributed by atoms with Gasteiger partial charge in [-0.2, -0.15) is 0 Å². The van der Waals surface area contributed by atoms with Crippen LogP contribution in [-0.2, 0) is 0 Å². The lowest BCUT2D eigenvalue weighted by Gasteiger charge is -2.09. The molecule has 2 unspecified atom stereocenters. The maximum Gasteiger partial charge on any atom is 0.0965 e. The lowest BCUT2D eigenvalue weighted by atomic mass is 10.0. The van der Waals surface area contributed by atoms with Gasteiger partial charge < -0.3 is 0 Å². The largest absolute Gasteiger partial charge is 0.232 e. The van der Waals surface area contributed by atoms with E-state index in [1.165, 1.54) is 0 Å². The molecule has 0 aromatic heterocycles. The van der Waals surface area contributed by atoms with E-state index in [9.17, 15) is 0 Å². The van der Waals surface area contributed by atoms with Gasteiger partial charge in [-0.25, -0.2) is 10.4 Å². The van der Waals surface area contributed by atoms with Gasteiger partial charge in [0.15, 0.2) is 0 Å². The van der Waals surface area contributed by atoms with Crippen molar-refractivity contribution >= 4 is 0 Å². The van der Waals surface area contributed by atoms with Crippen molar-refractivity contribution in [1.82, 2.24) is 10.4 Å². The SMILES string of the molecule is CC(C)C1(C)NN1C. The van der Waals surface area contributed by atoms with Gasteiger partial charge in [0.1, 0.15) is 0 Å². The summed E-state index contributed by atoms with van der Waals surface area (Å²) in [5, 5.41) is 2.14. The summed E-state index contributed by atoms with van der Waals surface area (Å²) in [6.45, 7) is 6.64. The highest BCUT2D eigenvalue weighted by molar-refractivity contribution is 4.93. The Morgan fingerprint density at radius 2 is 1.88 bits per heavy atom. The average Bonchev–Trinajstić information content (AvgIpc) is 2.17. The predicted octanol–water partition coefficient (Wildman–Crippen LogP) is 0.809. The van der Waals surface area contributed by atoms with Crippen LogP contribution in [-0.4, -0.2) is 17.7 Å². The zero-order chi connectivity index (χ0) is 6.36. The topological polar surface area (TPSA) is 25.0 Å². The normalized spacial score (nSPS) is 45.4. The van der Waals surface area contributed by atoms with E-state index < -0.39 is 0 Å². The molecule has 0 spiro atoms. The number of hydrogen-bond acceptors (Lipinski definition) is 2. The van der Waals surface area contributed by atoms with Gasteiger partial charge in [0.2, 0.25) is 0 Å². The highest BCUT2D eigenvalue weighted by Gasteiger charge is 2.46. The molecule has 1 aliphatic heterocycles. The molecule has 0 amide bonds. The van der Waals surface area contributed by atoms with E-state index in [0.717, 1.165) is 0 Å². The Morgan fingerprint density at radius 3 is 1.88 bits per heavy atom. The van der Waals surface area contributed by atoms with Crippen molar-refractivity contribution in [1.29, 1.82) is 0 Å². The van der Waals surface area contributed by atoms with E-state index in [-0.39, 0.29) is 0 Å². The Hall–Kier alpha value is -0.0800. The lowest BCUT2D eigenvalue weighted by molar-refractivity contribution is 0.385. The van der Waals surface area contributed by atoms with E-state index in [4.69, 9.17) is 0 Å². The molecule has 0 saturated carbocycles. The fourth-order valence-corrected chi connectivity index (χ4v) is 0.831. The van der Waals surface area contributed by atoms with E-state index in [1.807, 2.05) is 0 Å². The summed E-state index contributed by atoms with van der Waals surface area (Å²) < 4.78 is 0. The minimum Gasteiger partial charge on any atom is -0.232 e. The predicted molar refractivity (Wildman–Crippen MR) is 34.1 cm³/mol. The van der Waals surface area contributed by atoms with Gasteiger partial charge in [0, 0.05) is 7.05 Å². The molecular formula is C6H14N2. The van der Waals surface area contributed by atoms with Crippen molar-refractivity contribution in [2.24, 2.45) is 5.92 Å². The van der Waals surface area contributed by atoms with E-state index in [2.05, 4.69) is 38.3 Å². The summed E-state index contributed by atoms with van der Waals surface area (Å²) in [4.78, 5) is 0. The van der Waals surface area contributed by atoms with Crippen molar-refractivity contribution in [3.8, 4) is 0 Å². The number of nitrogens with one attached hydrogen (secondary N) is 1. The molecular weight excluding hydrogens is 100 g/mol. The molecule has 8 heavy (non-hydrogen) atoms. The van der Waals surface area contributed by atoms with Crippen LogP contribution in [0.2, 0.25) is 0 Å². The third-order valence-electron chi connectivity index (χ3n) is 2.17. The first-order valence-corrected chi connectivity index (χ1v) is 3.09. The first-order valence-electron chi connectivity index (χ1n) is 3.09. The summed E-state index contributed by atoms with van der Waals surface area (Å²) in [5.74, 6) is 0.701. The fourth-order valence-electron chi connectivity index (χ4n) is 0.831. The van der Waals surface area contributed by atoms with E-state index in [1.54, 1.807) is 0 Å². The van der Waals surface area contributed by atoms with Crippen molar-refractivity contribution in [3.05, 3.63) is 0 Å². The Labute approximate surface area is 50.8 Å². The molecule has 1 aliphatic rings. The molecule has 1 rings (SSSR count). The van der Waals surface area contributed by atoms with Gasteiger partial charge in [-0.05, 0) is 12.8 Å². The fraction of sp³-hybridized carbons (Fsp3) is 1.00. The molecule has 48 valence electrons. The van der Waals surface area contributed by atoms with Gasteiger partial charge in [-0.15, -0.1) is 0 Å². The maximum absolute atomic E-state index is 3.24. The Bertz CT molecular complexity index is 101. The molecule has 0 bridgehead atoms. The van der Waals surface area contributed by atoms with Gasteiger partial charge in [0.05, 0.1) is 5.66 Å². The highest BCUT2D eigenvalue weighted by Crippen LogP contribution is 2.29. The number of rotatable bonds is 1. The first kappa shape index (κ1) is 6.05. The Morgan fingerprint density at radius 1 is 1.50 bits per heavy atom. The highest BCUT2D eigenvalue weighted by atomic mass is 15.8. The standard InChI is InChI=1S/C6H14N2/c1-5(2)6(3)7-8(6)4/h5,7H,1-4H3. The van der Waals surface area contributed by atoms with E-state index in [0.29, 0.717) is 11.6 Å². The molecule has 2 atom stereocenters. The molecule has 2 nitrogen and oxygen atoms in total. The van der Waals surface area contributed by atoms with Gasteiger partial charge in [-0.3, -0.25) is 0 Å². The molecule has 0 aliphatic carbocycles. The quantitative estimate of drug-likeness (QED) is 0.510. The summed E-state index contributed by atoms with van der Waals surface area (Å²) in [7, 11) is 2.07. The molecule has 1 fully saturated rings. The van der Waals surface area contributed by atoms with Crippen LogP contribution >= 0.6 is 0 Å². The molecule has 0 aromatic rings. The van der Waals surface area contributed by atoms with Crippen molar-refractivity contribution in [3.63, 3.8) is 0 Å². The third kappa shape index (κ3) is 0.644. The molecule has 1 saturated heterocycles. The molecule has 0 aromatic carbocycles. The lowest BCUT2D eigenvalue weighted by Crippen LogP contribution is -2.20. The van der Waals surface area contributed by atoms with Crippen LogP contribution in [0.15, 0.2) is 0 Å². The zero-order valence-corrected chi connectivity index (χ0v) is 6.02. The van der Waals surface area contributed by atoms with Crippen molar-refractivity contribution in [2.75, 3.05) is 7.05 Å². The molecule has 1 heterocycles. The van der Waals surface area contributed by atoms with Crippen LogP contribution in [0.1, 0.15) is 20.8 Å². The van der Waals surface area contributed by atoms with Crippen LogP contribution in [0.3, 0.4) is 0 Å². The summed E-state index contributed by atoms with van der Waals surface area (Å²) >= 11 is 0. The van der Waals surface area contributed by atoms with Crippen LogP contribution in [0.25, 0.3) is 0 Å². The Kier molecular flexibility index (Phi) is 1.10. The molecule has 0 radical (unpaired) electrons. The van der Waals surface area contributed by atoms with Crippen LogP contribution in [0.4, 0.5) is 0 Å². The molecule has 1 N–H and O–H groups in total. The first-order chi connectivity index (χ1) is 3.57. The van der Waals surface area contributed by atoms with Gasteiger partial charge in [-0.1, -0.05) is 13.8 Å². The van der Waals surface area contributed by atoms with Crippen LogP contribution in [0.5, 0.6) is 0 Å². The summed E-state index contributed by atoms with van der Waals surface area (Å²) in [5.41, 5.74) is 3.53. The minimum absolute atomic E-state index is 0.292. The van der Waals surface area contributed by atoms with Gasteiger partial charge >= 0.3 is 0 Å². The summed E-state index contributed by atoms with van der Waals surface area (Å²) in [6.07, 6.45) is 0. The van der Waals surface area contributed by atoms with Crippen LogP contribution in [0, 0.1) is 5.92 Å². The monoisotopic (exact) mass is 114 g/mol. The minimum atomic E-state index is 0.292.